The summed E-state index contributed by atoms with van der Waals surface area (Å²) in [6.45, 7) is 8.85. The molecule has 0 aliphatic carbocycles. The maximum absolute atomic E-state index is 5.89. The molecule has 0 unspecified atom stereocenters. The average Bonchev–Trinajstić information content (AvgIpc) is 2.78. The number of hydrogen-bond acceptors (Lipinski definition) is 3. The highest BCUT2D eigenvalue weighted by Crippen LogP contribution is 2.13. The second kappa shape index (κ2) is 9.55. The zero-order valence-corrected chi connectivity index (χ0v) is 14.5. The minimum Gasteiger partial charge on any atom is -0.370 e. The van der Waals surface area contributed by atoms with Gasteiger partial charge in [-0.1, -0.05) is 6.92 Å². The lowest BCUT2D eigenvalue weighted by Gasteiger charge is -2.19. The Bertz CT molecular complexity index is 361. The van der Waals surface area contributed by atoms with E-state index in [9.17, 15) is 0 Å². The first-order chi connectivity index (χ1) is 8.21. The molecule has 0 bridgehead atoms. The Hall–Kier alpha value is -0.370. The minimum absolute atomic E-state index is 0. The highest BCUT2D eigenvalue weighted by atomic mass is 127. The largest absolute Gasteiger partial charge is 0.370 e. The van der Waals surface area contributed by atoms with Gasteiger partial charge in [0, 0.05) is 37.1 Å². The minimum atomic E-state index is 0. The molecule has 1 aromatic heterocycles. The maximum atomic E-state index is 5.89. The van der Waals surface area contributed by atoms with Crippen LogP contribution in [-0.4, -0.2) is 35.5 Å². The van der Waals surface area contributed by atoms with Gasteiger partial charge in [-0.25, -0.2) is 4.98 Å². The SMILES string of the molecule is CCc1cnc(CCN=C(N)N(CC)CC)s1.I. The van der Waals surface area contributed by atoms with Crippen molar-refractivity contribution in [3.63, 3.8) is 0 Å². The summed E-state index contributed by atoms with van der Waals surface area (Å²) in [4.78, 5) is 12.1. The summed E-state index contributed by atoms with van der Waals surface area (Å²) in [5.74, 6) is 0.641. The predicted octanol–water partition coefficient (Wildman–Crippen LogP) is 2.52. The molecule has 18 heavy (non-hydrogen) atoms. The monoisotopic (exact) mass is 382 g/mol. The molecule has 2 N–H and O–H groups in total. The predicted molar refractivity (Wildman–Crippen MR) is 90.0 cm³/mol. The third kappa shape index (κ3) is 5.51. The third-order valence-corrected chi connectivity index (χ3v) is 3.84. The van der Waals surface area contributed by atoms with Crippen LogP contribution >= 0.6 is 35.3 Å². The summed E-state index contributed by atoms with van der Waals surface area (Å²) in [6, 6.07) is 0. The second-order valence-corrected chi connectivity index (χ2v) is 4.94. The van der Waals surface area contributed by atoms with Crippen LogP contribution in [0.15, 0.2) is 11.2 Å². The molecular weight excluding hydrogens is 359 g/mol. The average molecular weight is 382 g/mol. The lowest BCUT2D eigenvalue weighted by atomic mass is 10.4. The van der Waals surface area contributed by atoms with Crippen molar-refractivity contribution in [3.05, 3.63) is 16.1 Å². The van der Waals surface area contributed by atoms with Gasteiger partial charge in [0.1, 0.15) is 0 Å². The van der Waals surface area contributed by atoms with Crippen LogP contribution in [-0.2, 0) is 12.8 Å². The Balaban J connectivity index is 0.00000289. The van der Waals surface area contributed by atoms with E-state index in [1.807, 2.05) is 6.20 Å². The first kappa shape index (κ1) is 17.6. The number of nitrogens with zero attached hydrogens (tertiary/aromatic N) is 3. The summed E-state index contributed by atoms with van der Waals surface area (Å²) >= 11 is 1.77. The molecule has 0 atom stereocenters. The van der Waals surface area contributed by atoms with Gasteiger partial charge in [0.05, 0.1) is 5.01 Å². The molecule has 0 saturated carbocycles. The first-order valence-corrected chi connectivity index (χ1v) is 7.01. The maximum Gasteiger partial charge on any atom is 0.191 e. The number of halogens is 1. The fourth-order valence-corrected chi connectivity index (χ4v) is 2.39. The van der Waals surface area contributed by atoms with E-state index in [1.165, 1.54) is 4.88 Å². The number of nitrogens with two attached hydrogens (primary N) is 1. The van der Waals surface area contributed by atoms with Gasteiger partial charge < -0.3 is 10.6 Å². The zero-order chi connectivity index (χ0) is 12.7. The van der Waals surface area contributed by atoms with Gasteiger partial charge in [0.2, 0.25) is 0 Å². The van der Waals surface area contributed by atoms with E-state index >= 15 is 0 Å². The number of thiazole rings is 1. The lowest BCUT2D eigenvalue weighted by molar-refractivity contribution is 0.458. The molecule has 1 heterocycles. The van der Waals surface area contributed by atoms with Crippen LogP contribution in [0.1, 0.15) is 30.7 Å². The number of hydrogen-bond donors (Lipinski definition) is 1. The molecular formula is C12H23IN4S. The van der Waals surface area contributed by atoms with Crippen LogP contribution in [0, 0.1) is 0 Å². The number of aliphatic imine (C=N–C) groups is 1. The second-order valence-electron chi connectivity index (χ2n) is 3.74. The molecule has 0 radical (unpaired) electrons. The fraction of sp³-hybridized carbons (Fsp3) is 0.667. The first-order valence-electron chi connectivity index (χ1n) is 6.19. The molecule has 0 spiro atoms. The Morgan fingerprint density at radius 1 is 1.39 bits per heavy atom. The molecule has 104 valence electrons. The van der Waals surface area contributed by atoms with Gasteiger partial charge in [-0.15, -0.1) is 35.3 Å². The van der Waals surface area contributed by atoms with Gasteiger partial charge in [0.15, 0.2) is 5.96 Å². The molecule has 0 aromatic carbocycles. The van der Waals surface area contributed by atoms with Crippen LogP contribution in [0.2, 0.25) is 0 Å². The lowest BCUT2D eigenvalue weighted by Crippen LogP contribution is -2.37. The van der Waals surface area contributed by atoms with Crippen LogP contribution < -0.4 is 5.73 Å². The van der Waals surface area contributed by atoms with E-state index in [-0.39, 0.29) is 24.0 Å². The Kier molecular flexibility index (Phi) is 9.35. The molecule has 6 heteroatoms. The van der Waals surface area contributed by atoms with Crippen molar-refractivity contribution >= 4 is 41.3 Å². The van der Waals surface area contributed by atoms with Crippen molar-refractivity contribution in [1.29, 1.82) is 0 Å². The summed E-state index contributed by atoms with van der Waals surface area (Å²) in [5, 5.41) is 1.15. The van der Waals surface area contributed by atoms with E-state index in [4.69, 9.17) is 5.73 Å². The number of guanidine groups is 1. The zero-order valence-electron chi connectivity index (χ0n) is 11.3. The molecule has 0 amide bonds. The Morgan fingerprint density at radius 3 is 2.56 bits per heavy atom. The van der Waals surface area contributed by atoms with Crippen LogP contribution in [0.25, 0.3) is 0 Å². The van der Waals surface area contributed by atoms with Gasteiger partial charge in [0.25, 0.3) is 0 Å². The highest BCUT2D eigenvalue weighted by molar-refractivity contribution is 14.0. The van der Waals surface area contributed by atoms with Crippen molar-refractivity contribution in [2.75, 3.05) is 19.6 Å². The van der Waals surface area contributed by atoms with Crippen molar-refractivity contribution in [1.82, 2.24) is 9.88 Å². The smallest absolute Gasteiger partial charge is 0.191 e. The number of aryl methyl sites for hydroxylation is 1. The topological polar surface area (TPSA) is 54.5 Å². The van der Waals surface area contributed by atoms with Gasteiger partial charge >= 0.3 is 0 Å². The molecule has 0 aliphatic rings. The Labute approximate surface area is 131 Å². The summed E-state index contributed by atoms with van der Waals surface area (Å²) < 4.78 is 0. The van der Waals surface area contributed by atoms with E-state index < -0.39 is 0 Å². The van der Waals surface area contributed by atoms with E-state index in [1.54, 1.807) is 11.3 Å². The van der Waals surface area contributed by atoms with Crippen molar-refractivity contribution < 1.29 is 0 Å². The third-order valence-electron chi connectivity index (χ3n) is 2.64. The van der Waals surface area contributed by atoms with E-state index in [0.29, 0.717) is 5.96 Å². The van der Waals surface area contributed by atoms with E-state index in [2.05, 4.69) is 35.6 Å². The number of aromatic nitrogens is 1. The summed E-state index contributed by atoms with van der Waals surface area (Å²) in [6.07, 6.45) is 3.90. The summed E-state index contributed by atoms with van der Waals surface area (Å²) in [5.41, 5.74) is 5.89. The van der Waals surface area contributed by atoms with Gasteiger partial charge in [-0.3, -0.25) is 4.99 Å². The molecule has 0 fully saturated rings. The van der Waals surface area contributed by atoms with Gasteiger partial charge in [-0.2, -0.15) is 0 Å². The van der Waals surface area contributed by atoms with Crippen molar-refractivity contribution in [2.45, 2.75) is 33.6 Å². The fourth-order valence-electron chi connectivity index (χ4n) is 1.54. The normalized spacial score (nSPS) is 11.2. The van der Waals surface area contributed by atoms with E-state index in [0.717, 1.165) is 37.5 Å². The van der Waals surface area contributed by atoms with Gasteiger partial charge in [-0.05, 0) is 20.3 Å². The molecule has 0 saturated heterocycles. The van der Waals surface area contributed by atoms with Crippen molar-refractivity contribution in [2.24, 2.45) is 10.7 Å². The quantitative estimate of drug-likeness (QED) is 0.467. The molecule has 1 rings (SSSR count). The standard InChI is InChI=1S/C12H22N4S.HI/c1-4-10-9-15-11(17-10)7-8-14-12(13)16(5-2)6-3;/h9H,4-8H2,1-3H3,(H2,13,14);1H. The highest BCUT2D eigenvalue weighted by Gasteiger charge is 2.03. The molecule has 0 aliphatic heterocycles. The Morgan fingerprint density at radius 2 is 2.06 bits per heavy atom. The van der Waals surface area contributed by atoms with Crippen LogP contribution in [0.5, 0.6) is 0 Å². The molecule has 1 aromatic rings. The van der Waals surface area contributed by atoms with Crippen LogP contribution in [0.3, 0.4) is 0 Å². The number of rotatable bonds is 6. The van der Waals surface area contributed by atoms with Crippen molar-refractivity contribution in [3.8, 4) is 0 Å². The summed E-state index contributed by atoms with van der Waals surface area (Å²) in [7, 11) is 0. The molecule has 4 nitrogen and oxygen atoms in total. The van der Waals surface area contributed by atoms with Crippen LogP contribution in [0.4, 0.5) is 0 Å².